The molecule has 2 aromatic carbocycles. The second kappa shape index (κ2) is 8.36. The Kier molecular flexibility index (Phi) is 5.41. The molecule has 31 heavy (non-hydrogen) atoms. The summed E-state index contributed by atoms with van der Waals surface area (Å²) in [6.45, 7) is 1.41. The van der Waals surface area contributed by atoms with Crippen LogP contribution in [0.2, 0.25) is 0 Å². The highest BCUT2D eigenvalue weighted by atomic mass is 32.1. The normalized spacial score (nSPS) is 21.2. The molecule has 3 heterocycles. The van der Waals surface area contributed by atoms with Crippen molar-refractivity contribution < 1.29 is 18.7 Å². The van der Waals surface area contributed by atoms with Crippen molar-refractivity contribution in [2.24, 2.45) is 5.92 Å². The largest absolute Gasteiger partial charge is 0.376 e. The Morgan fingerprint density at radius 2 is 2.03 bits per heavy atom. The van der Waals surface area contributed by atoms with E-state index in [9.17, 15) is 14.0 Å². The average molecular weight is 440 g/mol. The van der Waals surface area contributed by atoms with Gasteiger partial charge in [-0.15, -0.1) is 0 Å². The number of nitrogens with zero attached hydrogens (tertiary/aromatic N) is 3. The van der Waals surface area contributed by atoms with Gasteiger partial charge in [0.15, 0.2) is 5.13 Å². The van der Waals surface area contributed by atoms with Crippen LogP contribution in [0.5, 0.6) is 0 Å². The molecule has 0 radical (unpaired) electrons. The predicted octanol–water partition coefficient (Wildman–Crippen LogP) is 4.00. The van der Waals surface area contributed by atoms with E-state index in [1.54, 1.807) is 21.9 Å². The van der Waals surface area contributed by atoms with Crippen molar-refractivity contribution >= 4 is 44.2 Å². The highest BCUT2D eigenvalue weighted by Gasteiger charge is 2.39. The van der Waals surface area contributed by atoms with Crippen LogP contribution < -0.4 is 9.80 Å². The first-order valence-electron chi connectivity index (χ1n) is 10.4. The Morgan fingerprint density at radius 3 is 2.77 bits per heavy atom. The SMILES string of the molecule is O=C1CC(C(=O)N(CC2CCCO2)c2nc3ccccc3s2)CN1c1ccc(F)cc1. The van der Waals surface area contributed by atoms with Crippen molar-refractivity contribution in [3.63, 3.8) is 0 Å². The smallest absolute Gasteiger partial charge is 0.234 e. The van der Waals surface area contributed by atoms with E-state index < -0.39 is 5.92 Å². The first-order valence-corrected chi connectivity index (χ1v) is 11.2. The van der Waals surface area contributed by atoms with Gasteiger partial charge in [0, 0.05) is 25.3 Å². The van der Waals surface area contributed by atoms with Gasteiger partial charge in [-0.1, -0.05) is 23.5 Å². The van der Waals surface area contributed by atoms with E-state index in [1.165, 1.54) is 23.5 Å². The number of carbonyl (C=O) groups is 2. The molecule has 0 aliphatic carbocycles. The maximum absolute atomic E-state index is 13.6. The molecule has 0 spiro atoms. The molecule has 2 fully saturated rings. The minimum absolute atomic E-state index is 0.0266. The number of amides is 2. The molecule has 2 atom stereocenters. The number of benzene rings is 2. The van der Waals surface area contributed by atoms with Crippen LogP contribution in [0.3, 0.4) is 0 Å². The molecule has 0 N–H and O–H groups in total. The second-order valence-corrected chi connectivity index (χ2v) is 8.94. The van der Waals surface area contributed by atoms with Crippen LogP contribution in [-0.4, -0.2) is 42.6 Å². The molecule has 2 saturated heterocycles. The summed E-state index contributed by atoms with van der Waals surface area (Å²) in [5.41, 5.74) is 1.45. The maximum Gasteiger partial charge on any atom is 0.234 e. The topological polar surface area (TPSA) is 62.7 Å². The van der Waals surface area contributed by atoms with Gasteiger partial charge in [0.05, 0.1) is 28.8 Å². The van der Waals surface area contributed by atoms with Crippen molar-refractivity contribution in [3.8, 4) is 0 Å². The Morgan fingerprint density at radius 1 is 1.23 bits per heavy atom. The fourth-order valence-corrected chi connectivity index (χ4v) is 5.17. The van der Waals surface area contributed by atoms with Gasteiger partial charge >= 0.3 is 0 Å². The molecule has 6 nitrogen and oxygen atoms in total. The van der Waals surface area contributed by atoms with E-state index in [0.717, 1.165) is 23.1 Å². The lowest BCUT2D eigenvalue weighted by Gasteiger charge is -2.25. The minimum Gasteiger partial charge on any atom is -0.376 e. The zero-order chi connectivity index (χ0) is 21.4. The molecular formula is C23H22FN3O3S. The van der Waals surface area contributed by atoms with Crippen molar-refractivity contribution in [2.45, 2.75) is 25.4 Å². The van der Waals surface area contributed by atoms with E-state index >= 15 is 0 Å². The van der Waals surface area contributed by atoms with Crippen molar-refractivity contribution in [1.29, 1.82) is 0 Å². The Balaban J connectivity index is 1.41. The Bertz CT molecular complexity index is 1080. The average Bonchev–Trinajstić information content (AvgIpc) is 3.51. The Labute approximate surface area is 183 Å². The highest BCUT2D eigenvalue weighted by Crippen LogP contribution is 2.33. The number of ether oxygens (including phenoxy) is 1. The number of hydrogen-bond acceptors (Lipinski definition) is 5. The number of halogens is 1. The summed E-state index contributed by atoms with van der Waals surface area (Å²) in [5, 5.41) is 0.634. The lowest BCUT2D eigenvalue weighted by Crippen LogP contribution is -2.42. The van der Waals surface area contributed by atoms with Crippen LogP contribution in [0.15, 0.2) is 48.5 Å². The summed E-state index contributed by atoms with van der Waals surface area (Å²) >= 11 is 1.47. The van der Waals surface area contributed by atoms with Crippen molar-refractivity contribution in [1.82, 2.24) is 4.98 Å². The number of anilines is 2. The number of carbonyl (C=O) groups excluding carboxylic acids is 2. The lowest BCUT2D eigenvalue weighted by atomic mass is 10.1. The summed E-state index contributed by atoms with van der Waals surface area (Å²) in [6, 6.07) is 13.6. The van der Waals surface area contributed by atoms with Gasteiger partial charge in [0.1, 0.15) is 5.82 Å². The molecule has 0 bridgehead atoms. The first-order chi connectivity index (χ1) is 15.1. The third-order valence-corrected chi connectivity index (χ3v) is 6.86. The van der Waals surface area contributed by atoms with Gasteiger partial charge in [0.2, 0.25) is 11.8 Å². The molecule has 5 rings (SSSR count). The highest BCUT2D eigenvalue weighted by molar-refractivity contribution is 7.22. The van der Waals surface area contributed by atoms with Crippen LogP contribution in [0, 0.1) is 11.7 Å². The molecule has 0 saturated carbocycles. The standard InChI is InChI=1S/C23H22FN3O3S/c24-16-7-9-17(10-8-16)26-13-15(12-21(26)28)22(29)27(14-18-4-3-11-30-18)23-25-19-5-1-2-6-20(19)31-23/h1-2,5-10,15,18H,3-4,11-14H2. The summed E-state index contributed by atoms with van der Waals surface area (Å²) < 4.78 is 20.1. The van der Waals surface area contributed by atoms with Crippen molar-refractivity contribution in [2.75, 3.05) is 29.5 Å². The molecule has 160 valence electrons. The van der Waals surface area contributed by atoms with Gasteiger partial charge in [-0.25, -0.2) is 9.37 Å². The zero-order valence-electron chi connectivity index (χ0n) is 16.9. The molecule has 8 heteroatoms. The summed E-state index contributed by atoms with van der Waals surface area (Å²) in [5.74, 6) is -1.09. The van der Waals surface area contributed by atoms with Gasteiger partial charge in [-0.05, 0) is 49.2 Å². The number of aromatic nitrogens is 1. The van der Waals surface area contributed by atoms with E-state index in [0.29, 0.717) is 24.0 Å². The lowest BCUT2D eigenvalue weighted by molar-refractivity contribution is -0.124. The monoisotopic (exact) mass is 439 g/mol. The van der Waals surface area contributed by atoms with Crippen LogP contribution in [0.25, 0.3) is 10.2 Å². The van der Waals surface area contributed by atoms with E-state index in [1.807, 2.05) is 24.3 Å². The molecule has 3 aromatic rings. The Hall–Kier alpha value is -2.84. The number of fused-ring (bicyclic) bond motifs is 1. The number of thiazole rings is 1. The minimum atomic E-state index is -0.481. The second-order valence-electron chi connectivity index (χ2n) is 7.93. The summed E-state index contributed by atoms with van der Waals surface area (Å²) in [4.78, 5) is 34.2. The van der Waals surface area contributed by atoms with Crippen molar-refractivity contribution in [3.05, 3.63) is 54.3 Å². The van der Waals surface area contributed by atoms with Crippen LogP contribution >= 0.6 is 11.3 Å². The number of para-hydroxylation sites is 1. The molecule has 2 amide bonds. The van der Waals surface area contributed by atoms with Crippen LogP contribution in [0.4, 0.5) is 15.2 Å². The van der Waals surface area contributed by atoms with Gasteiger partial charge in [-0.3, -0.25) is 14.5 Å². The fraction of sp³-hybridized carbons (Fsp3) is 0.348. The van der Waals surface area contributed by atoms with E-state index in [4.69, 9.17) is 4.74 Å². The molecule has 2 aliphatic heterocycles. The predicted molar refractivity (Wildman–Crippen MR) is 118 cm³/mol. The molecule has 2 aliphatic rings. The number of rotatable bonds is 5. The zero-order valence-corrected chi connectivity index (χ0v) is 17.7. The molecule has 2 unspecified atom stereocenters. The third-order valence-electron chi connectivity index (χ3n) is 5.80. The summed E-state index contributed by atoms with van der Waals surface area (Å²) in [6.07, 6.45) is 1.98. The molecule has 1 aromatic heterocycles. The summed E-state index contributed by atoms with van der Waals surface area (Å²) in [7, 11) is 0. The quantitative estimate of drug-likeness (QED) is 0.603. The van der Waals surface area contributed by atoms with Crippen LogP contribution in [-0.2, 0) is 14.3 Å². The van der Waals surface area contributed by atoms with Crippen LogP contribution in [0.1, 0.15) is 19.3 Å². The third kappa shape index (κ3) is 4.05. The number of hydrogen-bond donors (Lipinski definition) is 0. The van der Waals surface area contributed by atoms with E-state index in [2.05, 4.69) is 4.98 Å². The fourth-order valence-electron chi connectivity index (χ4n) is 4.19. The molecular weight excluding hydrogens is 417 g/mol. The maximum atomic E-state index is 13.6. The van der Waals surface area contributed by atoms with Gasteiger partial charge in [0.25, 0.3) is 0 Å². The van der Waals surface area contributed by atoms with Gasteiger partial charge in [-0.2, -0.15) is 0 Å². The van der Waals surface area contributed by atoms with E-state index in [-0.39, 0.29) is 36.7 Å². The van der Waals surface area contributed by atoms with Gasteiger partial charge < -0.3 is 9.64 Å². The first kappa shape index (κ1) is 20.1.